The van der Waals surface area contributed by atoms with Crippen LogP contribution < -0.4 is 5.32 Å². The van der Waals surface area contributed by atoms with Crippen LogP contribution in [0.25, 0.3) is 0 Å². The fraction of sp³-hybridized carbons (Fsp3) is 0.500. The normalized spacial score (nSPS) is 15.5. The van der Waals surface area contributed by atoms with E-state index in [1.54, 1.807) is 0 Å². The van der Waals surface area contributed by atoms with Crippen molar-refractivity contribution in [3.63, 3.8) is 0 Å². The van der Waals surface area contributed by atoms with Gasteiger partial charge < -0.3 is 9.84 Å². The first-order chi connectivity index (χ1) is 11.5. The third-order valence-electron chi connectivity index (χ3n) is 4.43. The van der Waals surface area contributed by atoms with Crippen LogP contribution in [0.15, 0.2) is 28.8 Å². The molecule has 0 aliphatic heterocycles. The quantitative estimate of drug-likeness (QED) is 0.776. The minimum absolute atomic E-state index is 0.0956. The summed E-state index contributed by atoms with van der Waals surface area (Å²) in [5.74, 6) is 1.72. The summed E-state index contributed by atoms with van der Waals surface area (Å²) in [6.07, 6.45) is 3.24. The minimum Gasteiger partial charge on any atom is -0.355 e. The van der Waals surface area contributed by atoms with Gasteiger partial charge in [-0.3, -0.25) is 4.79 Å². The molecule has 1 saturated carbocycles. The molecule has 1 N–H and O–H groups in total. The average molecular weight is 348 g/mol. The van der Waals surface area contributed by atoms with Gasteiger partial charge in [-0.2, -0.15) is 4.98 Å². The second kappa shape index (κ2) is 6.93. The molecule has 0 bridgehead atoms. The molecule has 128 valence electrons. The van der Waals surface area contributed by atoms with Crippen LogP contribution in [0.3, 0.4) is 0 Å². The largest absolute Gasteiger partial charge is 0.355 e. The molecule has 1 fully saturated rings. The topological polar surface area (TPSA) is 68.0 Å². The molecule has 5 nitrogen and oxygen atoms in total. The Morgan fingerprint density at radius 2 is 2.04 bits per heavy atom. The SMILES string of the molecule is CC(C)c1noc(CCCNC(=O)C2(c3ccc(Cl)cc3)CC2)n1. The fourth-order valence-electron chi connectivity index (χ4n) is 2.76. The van der Waals surface area contributed by atoms with Gasteiger partial charge in [0.05, 0.1) is 5.41 Å². The lowest BCUT2D eigenvalue weighted by molar-refractivity contribution is -0.123. The van der Waals surface area contributed by atoms with E-state index in [2.05, 4.69) is 15.5 Å². The van der Waals surface area contributed by atoms with Crippen molar-refractivity contribution in [1.29, 1.82) is 0 Å². The number of halogens is 1. The van der Waals surface area contributed by atoms with E-state index in [1.165, 1.54) is 0 Å². The number of hydrogen-bond donors (Lipinski definition) is 1. The van der Waals surface area contributed by atoms with E-state index in [-0.39, 0.29) is 17.2 Å². The number of nitrogens with zero attached hydrogens (tertiary/aromatic N) is 2. The zero-order valence-electron chi connectivity index (χ0n) is 14.0. The Morgan fingerprint density at radius 1 is 1.33 bits per heavy atom. The maximum Gasteiger partial charge on any atom is 0.230 e. The molecule has 1 amide bonds. The average Bonchev–Trinajstić information content (AvgIpc) is 3.23. The van der Waals surface area contributed by atoms with Crippen LogP contribution in [0.5, 0.6) is 0 Å². The van der Waals surface area contributed by atoms with Crippen molar-refractivity contribution in [3.05, 3.63) is 46.6 Å². The molecule has 0 unspecified atom stereocenters. The van der Waals surface area contributed by atoms with Crippen LogP contribution in [-0.4, -0.2) is 22.6 Å². The molecule has 6 heteroatoms. The van der Waals surface area contributed by atoms with Gasteiger partial charge in [0.1, 0.15) is 0 Å². The van der Waals surface area contributed by atoms with Gasteiger partial charge in [-0.05, 0) is 37.0 Å². The van der Waals surface area contributed by atoms with Gasteiger partial charge in [0.15, 0.2) is 5.82 Å². The van der Waals surface area contributed by atoms with Crippen LogP contribution in [0, 0.1) is 0 Å². The highest BCUT2D eigenvalue weighted by molar-refractivity contribution is 6.30. The van der Waals surface area contributed by atoms with Gasteiger partial charge in [-0.25, -0.2) is 0 Å². The number of rotatable bonds is 7. The minimum atomic E-state index is -0.361. The third-order valence-corrected chi connectivity index (χ3v) is 4.69. The molecule has 1 aliphatic carbocycles. The molecule has 0 saturated heterocycles. The summed E-state index contributed by atoms with van der Waals surface area (Å²) in [5.41, 5.74) is 0.683. The van der Waals surface area contributed by atoms with Crippen molar-refractivity contribution < 1.29 is 9.32 Å². The molecule has 0 atom stereocenters. The Morgan fingerprint density at radius 3 is 2.62 bits per heavy atom. The first-order valence-electron chi connectivity index (χ1n) is 8.38. The summed E-state index contributed by atoms with van der Waals surface area (Å²) in [7, 11) is 0. The predicted molar refractivity (Wildman–Crippen MR) is 92.1 cm³/mol. The summed E-state index contributed by atoms with van der Waals surface area (Å²) in [4.78, 5) is 16.9. The fourth-order valence-corrected chi connectivity index (χ4v) is 2.88. The van der Waals surface area contributed by atoms with Crippen LogP contribution in [-0.2, 0) is 16.6 Å². The maximum absolute atomic E-state index is 12.5. The number of carbonyl (C=O) groups excluding carboxylic acids is 1. The van der Waals surface area contributed by atoms with Crippen molar-refractivity contribution in [3.8, 4) is 0 Å². The first-order valence-corrected chi connectivity index (χ1v) is 8.76. The molecule has 1 aliphatic rings. The molecule has 1 heterocycles. The molecule has 1 aromatic carbocycles. The van der Waals surface area contributed by atoms with E-state index in [0.717, 1.165) is 30.7 Å². The standard InChI is InChI=1S/C18H22ClN3O2/c1-12(2)16-21-15(24-22-16)4-3-11-20-17(23)18(9-10-18)13-5-7-14(19)8-6-13/h5-8,12H,3-4,9-11H2,1-2H3,(H,20,23). The molecule has 1 aromatic heterocycles. The highest BCUT2D eigenvalue weighted by atomic mass is 35.5. The van der Waals surface area contributed by atoms with Crippen molar-refractivity contribution >= 4 is 17.5 Å². The summed E-state index contributed by atoms with van der Waals surface area (Å²) in [5, 5.41) is 7.67. The lowest BCUT2D eigenvalue weighted by Gasteiger charge is -2.15. The van der Waals surface area contributed by atoms with E-state index in [4.69, 9.17) is 16.1 Å². The van der Waals surface area contributed by atoms with Gasteiger partial charge in [-0.1, -0.05) is 42.7 Å². The van der Waals surface area contributed by atoms with E-state index < -0.39 is 0 Å². The molecular formula is C18H22ClN3O2. The Kier molecular flexibility index (Phi) is 4.90. The zero-order valence-corrected chi connectivity index (χ0v) is 14.8. The summed E-state index contributed by atoms with van der Waals surface area (Å²) >= 11 is 5.92. The highest BCUT2D eigenvalue weighted by Gasteiger charge is 2.50. The summed E-state index contributed by atoms with van der Waals surface area (Å²) < 4.78 is 5.21. The Labute approximate surface area is 146 Å². The van der Waals surface area contributed by atoms with Gasteiger partial charge >= 0.3 is 0 Å². The molecule has 0 spiro atoms. The Bertz CT molecular complexity index is 705. The third kappa shape index (κ3) is 3.61. The van der Waals surface area contributed by atoms with E-state index in [1.807, 2.05) is 38.1 Å². The maximum atomic E-state index is 12.5. The van der Waals surface area contributed by atoms with Gasteiger partial charge in [0.2, 0.25) is 11.8 Å². The summed E-state index contributed by atoms with van der Waals surface area (Å²) in [6.45, 7) is 4.66. The second-order valence-corrected chi connectivity index (χ2v) is 7.09. The van der Waals surface area contributed by atoms with Crippen LogP contribution >= 0.6 is 11.6 Å². The van der Waals surface area contributed by atoms with Crippen molar-refractivity contribution in [2.45, 2.75) is 50.9 Å². The number of nitrogens with one attached hydrogen (secondary N) is 1. The molecule has 2 aromatic rings. The van der Waals surface area contributed by atoms with E-state index in [9.17, 15) is 4.79 Å². The number of hydrogen-bond acceptors (Lipinski definition) is 4. The first kappa shape index (κ1) is 17.0. The Hall–Kier alpha value is -1.88. The van der Waals surface area contributed by atoms with E-state index in [0.29, 0.717) is 23.9 Å². The predicted octanol–water partition coefficient (Wildman–Crippen LogP) is 3.63. The van der Waals surface area contributed by atoms with Crippen molar-refractivity contribution in [1.82, 2.24) is 15.5 Å². The number of benzene rings is 1. The smallest absolute Gasteiger partial charge is 0.230 e. The second-order valence-electron chi connectivity index (χ2n) is 6.65. The zero-order chi connectivity index (χ0) is 17.2. The van der Waals surface area contributed by atoms with Crippen LogP contribution in [0.2, 0.25) is 5.02 Å². The van der Waals surface area contributed by atoms with Gasteiger partial charge in [0, 0.05) is 23.9 Å². The molecule has 0 radical (unpaired) electrons. The van der Waals surface area contributed by atoms with Crippen molar-refractivity contribution in [2.24, 2.45) is 0 Å². The monoisotopic (exact) mass is 347 g/mol. The Balaban J connectivity index is 1.48. The molecular weight excluding hydrogens is 326 g/mol. The van der Waals surface area contributed by atoms with Crippen LogP contribution in [0.4, 0.5) is 0 Å². The summed E-state index contributed by atoms with van der Waals surface area (Å²) in [6, 6.07) is 7.57. The van der Waals surface area contributed by atoms with Gasteiger partial charge in [0.25, 0.3) is 0 Å². The number of amides is 1. The number of aryl methyl sites for hydroxylation is 1. The van der Waals surface area contributed by atoms with E-state index >= 15 is 0 Å². The molecule has 3 rings (SSSR count). The van der Waals surface area contributed by atoms with Gasteiger partial charge in [-0.15, -0.1) is 0 Å². The number of carbonyl (C=O) groups is 1. The number of aromatic nitrogens is 2. The van der Waals surface area contributed by atoms with Crippen molar-refractivity contribution in [2.75, 3.05) is 6.54 Å². The lowest BCUT2D eigenvalue weighted by atomic mass is 9.95. The molecule has 24 heavy (non-hydrogen) atoms. The lowest BCUT2D eigenvalue weighted by Crippen LogP contribution is -2.35. The van der Waals surface area contributed by atoms with Crippen LogP contribution in [0.1, 0.15) is 56.3 Å². The highest BCUT2D eigenvalue weighted by Crippen LogP contribution is 2.48.